The summed E-state index contributed by atoms with van der Waals surface area (Å²) in [6, 6.07) is 7.88. The lowest BCUT2D eigenvalue weighted by Crippen LogP contribution is -2.27. The Kier molecular flexibility index (Phi) is 6.93. The molecule has 4 rings (SSSR count). The second-order valence-electron chi connectivity index (χ2n) is 7.70. The van der Waals surface area contributed by atoms with Crippen LogP contribution in [0.15, 0.2) is 47.5 Å². The zero-order valence-electron chi connectivity index (χ0n) is 19.0. The number of nitrogens with zero attached hydrogens (tertiary/aromatic N) is 7. The number of hydrogen-bond donors (Lipinski definition) is 0. The maximum atomic E-state index is 13.1. The van der Waals surface area contributed by atoms with Crippen molar-refractivity contribution >= 4 is 17.6 Å². The van der Waals surface area contributed by atoms with Gasteiger partial charge in [-0.05, 0) is 42.8 Å². The second kappa shape index (κ2) is 9.93. The highest BCUT2D eigenvalue weighted by atomic mass is 35.5. The first-order valence-corrected chi connectivity index (χ1v) is 10.9. The first-order valence-electron chi connectivity index (χ1n) is 10.5. The molecular formula is C22H19ClF3N7O3. The van der Waals surface area contributed by atoms with Crippen LogP contribution in [0.25, 0.3) is 17.1 Å². The molecule has 4 aromatic rings. The highest BCUT2D eigenvalue weighted by Crippen LogP contribution is 2.23. The number of carbonyl (C=O) groups excluding carboxylic acids is 1. The molecular weight excluding hydrogens is 503 g/mol. The van der Waals surface area contributed by atoms with Gasteiger partial charge in [0.1, 0.15) is 6.54 Å². The number of aryl methyl sites for hydroxylation is 1. The average molecular weight is 522 g/mol. The molecule has 0 N–H and O–H groups in total. The van der Waals surface area contributed by atoms with Crippen LogP contribution < -0.4 is 5.69 Å². The van der Waals surface area contributed by atoms with Gasteiger partial charge in [-0.25, -0.2) is 23.9 Å². The first-order chi connectivity index (χ1) is 17.1. The van der Waals surface area contributed by atoms with Crippen molar-refractivity contribution in [2.24, 2.45) is 0 Å². The summed E-state index contributed by atoms with van der Waals surface area (Å²) in [6.07, 6.45) is -2.65. The van der Waals surface area contributed by atoms with Crippen LogP contribution in [-0.4, -0.2) is 53.4 Å². The molecule has 14 heteroatoms. The Bertz CT molecular complexity index is 1460. The molecule has 0 unspecified atom stereocenters. The van der Waals surface area contributed by atoms with Crippen LogP contribution in [0.1, 0.15) is 28.4 Å². The molecule has 0 atom stereocenters. The number of rotatable bonds is 7. The zero-order valence-corrected chi connectivity index (χ0v) is 19.8. The van der Waals surface area contributed by atoms with E-state index in [1.54, 1.807) is 31.3 Å². The molecule has 3 heterocycles. The number of methoxy groups -OCH3 is 1. The molecule has 0 radical (unpaired) electrons. The number of ether oxygens (including phenoxy) is 1. The summed E-state index contributed by atoms with van der Waals surface area (Å²) in [5.74, 6) is -0.895. The van der Waals surface area contributed by atoms with Crippen LogP contribution in [0.3, 0.4) is 0 Å². The van der Waals surface area contributed by atoms with Gasteiger partial charge in [0.25, 0.3) is 0 Å². The number of pyridine rings is 1. The van der Waals surface area contributed by atoms with E-state index in [-0.39, 0.29) is 24.0 Å². The predicted molar refractivity (Wildman–Crippen MR) is 122 cm³/mol. The van der Waals surface area contributed by atoms with Gasteiger partial charge in [-0.1, -0.05) is 11.6 Å². The lowest BCUT2D eigenvalue weighted by Gasteiger charge is -2.08. The van der Waals surface area contributed by atoms with Crippen LogP contribution in [-0.2, 0) is 17.8 Å². The Morgan fingerprint density at radius 3 is 2.50 bits per heavy atom. The molecule has 1 aromatic carbocycles. The third-order valence-corrected chi connectivity index (χ3v) is 5.45. The zero-order chi connectivity index (χ0) is 26.0. The van der Waals surface area contributed by atoms with E-state index in [0.717, 1.165) is 14.8 Å². The monoisotopic (exact) mass is 521 g/mol. The van der Waals surface area contributed by atoms with E-state index >= 15 is 0 Å². The molecule has 0 fully saturated rings. The molecule has 0 aliphatic heterocycles. The van der Waals surface area contributed by atoms with Gasteiger partial charge in [0, 0.05) is 23.3 Å². The standard InChI is InChI=1S/C22H19ClF3N7O3/c1-13-7-9-27-11-16(13)33-19(20(34)36-2)28-17(29-33)12-32-21(35)31(10-8-22(24,25)26)18(30-32)14-3-5-15(23)6-4-14/h3-7,9,11H,8,10,12H2,1-2H3. The van der Waals surface area contributed by atoms with E-state index in [4.69, 9.17) is 16.3 Å². The van der Waals surface area contributed by atoms with Crippen LogP contribution >= 0.6 is 11.6 Å². The maximum absolute atomic E-state index is 13.1. The van der Waals surface area contributed by atoms with Crippen LogP contribution in [0, 0.1) is 6.92 Å². The minimum absolute atomic E-state index is 0.0175. The Morgan fingerprint density at radius 1 is 1.14 bits per heavy atom. The van der Waals surface area contributed by atoms with Crippen molar-refractivity contribution in [3.05, 3.63) is 75.4 Å². The first kappa shape index (κ1) is 25.1. The number of esters is 1. The van der Waals surface area contributed by atoms with Gasteiger partial charge in [-0.3, -0.25) is 9.55 Å². The number of carbonyl (C=O) groups is 1. The normalized spacial score (nSPS) is 11.6. The van der Waals surface area contributed by atoms with Gasteiger partial charge in [0.2, 0.25) is 5.82 Å². The number of benzene rings is 1. The van der Waals surface area contributed by atoms with Crippen molar-refractivity contribution in [2.45, 2.75) is 32.6 Å². The predicted octanol–water partition coefficient (Wildman–Crippen LogP) is 3.44. The summed E-state index contributed by atoms with van der Waals surface area (Å²) in [7, 11) is 1.18. The van der Waals surface area contributed by atoms with Gasteiger partial charge < -0.3 is 4.74 Å². The van der Waals surface area contributed by atoms with Gasteiger partial charge >= 0.3 is 17.8 Å². The van der Waals surface area contributed by atoms with Crippen molar-refractivity contribution in [1.82, 2.24) is 34.1 Å². The summed E-state index contributed by atoms with van der Waals surface area (Å²) >= 11 is 5.92. The Labute approximate surface area is 206 Å². The summed E-state index contributed by atoms with van der Waals surface area (Å²) in [4.78, 5) is 33.6. The molecule has 0 bridgehead atoms. The Balaban J connectivity index is 1.77. The average Bonchev–Trinajstić information content (AvgIpc) is 3.39. The molecule has 0 aliphatic rings. The van der Waals surface area contributed by atoms with Crippen LogP contribution in [0.2, 0.25) is 5.02 Å². The van der Waals surface area contributed by atoms with E-state index in [0.29, 0.717) is 16.3 Å². The highest BCUT2D eigenvalue weighted by Gasteiger charge is 2.29. The van der Waals surface area contributed by atoms with Crippen LogP contribution in [0.5, 0.6) is 0 Å². The Morgan fingerprint density at radius 2 is 1.86 bits per heavy atom. The van der Waals surface area contributed by atoms with Gasteiger partial charge in [-0.2, -0.15) is 13.2 Å². The van der Waals surface area contributed by atoms with E-state index in [9.17, 15) is 22.8 Å². The van der Waals surface area contributed by atoms with Crippen LogP contribution in [0.4, 0.5) is 13.2 Å². The van der Waals surface area contributed by atoms with Gasteiger partial charge in [0.15, 0.2) is 11.6 Å². The van der Waals surface area contributed by atoms with E-state index in [2.05, 4.69) is 20.2 Å². The number of aromatic nitrogens is 7. The minimum atomic E-state index is -4.48. The second-order valence-corrected chi connectivity index (χ2v) is 8.14. The van der Waals surface area contributed by atoms with Crippen molar-refractivity contribution < 1.29 is 22.7 Å². The van der Waals surface area contributed by atoms with Crippen molar-refractivity contribution in [1.29, 1.82) is 0 Å². The molecule has 10 nitrogen and oxygen atoms in total. The minimum Gasteiger partial charge on any atom is -0.463 e. The fraction of sp³-hybridized carbons (Fsp3) is 0.273. The SMILES string of the molecule is COC(=O)c1nc(Cn2nc(-c3ccc(Cl)cc3)n(CCC(F)(F)F)c2=O)nn1-c1cnccc1C. The molecule has 0 aliphatic carbocycles. The van der Waals surface area contributed by atoms with Gasteiger partial charge in [-0.15, -0.1) is 10.2 Å². The largest absolute Gasteiger partial charge is 0.463 e. The van der Waals surface area contributed by atoms with E-state index in [1.807, 2.05) is 0 Å². The summed E-state index contributed by atoms with van der Waals surface area (Å²) < 4.78 is 46.7. The number of hydrogen-bond acceptors (Lipinski definition) is 7. The molecule has 0 saturated heterocycles. The third-order valence-electron chi connectivity index (χ3n) is 5.19. The quantitative estimate of drug-likeness (QED) is 0.343. The van der Waals surface area contributed by atoms with E-state index in [1.165, 1.54) is 30.1 Å². The van der Waals surface area contributed by atoms with Crippen molar-refractivity contribution in [2.75, 3.05) is 7.11 Å². The van der Waals surface area contributed by atoms with Crippen molar-refractivity contribution in [3.8, 4) is 17.1 Å². The Hall–Kier alpha value is -4.00. The maximum Gasteiger partial charge on any atom is 0.390 e. The highest BCUT2D eigenvalue weighted by molar-refractivity contribution is 6.30. The number of halogens is 4. The molecule has 0 amide bonds. The topological polar surface area (TPSA) is 110 Å². The molecule has 0 saturated carbocycles. The lowest BCUT2D eigenvalue weighted by molar-refractivity contribution is -0.136. The number of alkyl halides is 3. The smallest absolute Gasteiger partial charge is 0.390 e. The summed E-state index contributed by atoms with van der Waals surface area (Å²) in [6.45, 7) is 0.837. The molecule has 3 aromatic heterocycles. The summed E-state index contributed by atoms with van der Waals surface area (Å²) in [5, 5.41) is 8.97. The van der Waals surface area contributed by atoms with Gasteiger partial charge in [0.05, 0.1) is 25.4 Å². The molecule has 188 valence electrons. The molecule has 36 heavy (non-hydrogen) atoms. The molecule has 0 spiro atoms. The fourth-order valence-corrected chi connectivity index (χ4v) is 3.55. The fourth-order valence-electron chi connectivity index (χ4n) is 3.42. The third kappa shape index (κ3) is 5.30. The van der Waals surface area contributed by atoms with Crippen molar-refractivity contribution in [3.63, 3.8) is 0 Å². The lowest BCUT2D eigenvalue weighted by atomic mass is 10.2. The summed E-state index contributed by atoms with van der Waals surface area (Å²) in [5.41, 5.74) is 0.807. The van der Waals surface area contributed by atoms with E-state index < -0.39 is 30.8 Å².